The molecule has 0 radical (unpaired) electrons. The van der Waals surface area contributed by atoms with Crippen molar-refractivity contribution in [1.82, 2.24) is 14.9 Å². The van der Waals surface area contributed by atoms with Crippen LogP contribution in [0.3, 0.4) is 0 Å². The van der Waals surface area contributed by atoms with Crippen molar-refractivity contribution in [2.24, 2.45) is 0 Å². The third-order valence-electron chi connectivity index (χ3n) is 2.46. The van der Waals surface area contributed by atoms with Crippen LogP contribution in [0.1, 0.15) is 16.2 Å². The summed E-state index contributed by atoms with van der Waals surface area (Å²) in [6.45, 7) is 0.399. The van der Waals surface area contributed by atoms with Crippen LogP contribution in [-0.2, 0) is 6.54 Å². The van der Waals surface area contributed by atoms with Gasteiger partial charge in [0.2, 0.25) is 0 Å². The van der Waals surface area contributed by atoms with Crippen molar-refractivity contribution in [3.8, 4) is 0 Å². The average Bonchev–Trinajstić information content (AvgIpc) is 2.92. The predicted octanol–water partition coefficient (Wildman–Crippen LogP) is 1.90. The fourth-order valence-corrected chi connectivity index (χ4v) is 1.99. The van der Waals surface area contributed by atoms with Crippen LogP contribution in [0, 0.1) is 0 Å². The summed E-state index contributed by atoms with van der Waals surface area (Å²) in [7, 11) is 1.65. The van der Waals surface area contributed by atoms with Gasteiger partial charge in [-0.3, -0.25) is 0 Å². The summed E-state index contributed by atoms with van der Waals surface area (Å²) in [5.74, 6) is -1.11. The van der Waals surface area contributed by atoms with Crippen molar-refractivity contribution in [1.29, 1.82) is 0 Å². The Morgan fingerprint density at radius 2 is 2.20 bits per heavy atom. The van der Waals surface area contributed by atoms with Gasteiger partial charge in [-0.2, -0.15) is 0 Å². The molecule has 0 saturated carbocycles. The Kier molecular flexibility index (Phi) is 4.26. The Morgan fingerprint density at radius 1 is 1.40 bits per heavy atom. The highest BCUT2D eigenvalue weighted by atomic mass is 32.1. The minimum absolute atomic E-state index is 0.0705. The van der Waals surface area contributed by atoms with Gasteiger partial charge in [-0.25, -0.2) is 19.6 Å². The molecular weight excluding hydrogens is 280 g/mol. The van der Waals surface area contributed by atoms with E-state index in [1.165, 1.54) is 34.6 Å². The number of hydrogen-bond donors (Lipinski definition) is 2. The first-order valence-electron chi connectivity index (χ1n) is 5.65. The van der Waals surface area contributed by atoms with E-state index in [1.807, 2.05) is 5.38 Å². The van der Waals surface area contributed by atoms with Crippen LogP contribution >= 0.6 is 11.3 Å². The van der Waals surface area contributed by atoms with Crippen molar-refractivity contribution >= 4 is 29.0 Å². The maximum Gasteiger partial charge on any atom is 0.354 e. The SMILES string of the molecule is CN(Cc1cscn1)C(=O)Nc1ccc(C(=O)O)nc1. The van der Waals surface area contributed by atoms with Gasteiger partial charge in [0, 0.05) is 12.4 Å². The number of carbonyl (C=O) groups is 2. The number of aromatic carboxylic acids is 1. The highest BCUT2D eigenvalue weighted by molar-refractivity contribution is 7.07. The molecule has 0 aliphatic carbocycles. The van der Waals surface area contributed by atoms with Crippen molar-refractivity contribution in [2.75, 3.05) is 12.4 Å². The van der Waals surface area contributed by atoms with Gasteiger partial charge in [-0.05, 0) is 12.1 Å². The fourth-order valence-electron chi connectivity index (χ4n) is 1.44. The second-order valence-electron chi connectivity index (χ2n) is 4.00. The molecule has 2 aromatic heterocycles. The normalized spacial score (nSPS) is 10.1. The standard InChI is InChI=1S/C12H12N4O3S/c1-16(5-9-6-20-7-14-9)12(19)15-8-2-3-10(11(17)18)13-4-8/h2-4,6-7H,5H2,1H3,(H,15,19)(H,17,18). The van der Waals surface area contributed by atoms with E-state index in [-0.39, 0.29) is 11.7 Å². The highest BCUT2D eigenvalue weighted by Crippen LogP contribution is 2.09. The Labute approximate surface area is 118 Å². The third kappa shape index (κ3) is 3.51. The predicted molar refractivity (Wildman–Crippen MR) is 73.8 cm³/mol. The first-order valence-corrected chi connectivity index (χ1v) is 6.59. The Morgan fingerprint density at radius 3 is 2.75 bits per heavy atom. The number of nitrogens with zero attached hydrogens (tertiary/aromatic N) is 3. The van der Waals surface area contributed by atoms with Crippen LogP contribution in [0.2, 0.25) is 0 Å². The number of urea groups is 1. The number of carboxylic acid groups (broad SMARTS) is 1. The van der Waals surface area contributed by atoms with Gasteiger partial charge in [0.1, 0.15) is 5.69 Å². The molecule has 8 heteroatoms. The van der Waals surface area contributed by atoms with Crippen molar-refractivity contribution in [2.45, 2.75) is 6.54 Å². The van der Waals surface area contributed by atoms with Crippen LogP contribution in [0.5, 0.6) is 0 Å². The Bertz CT molecular complexity index is 598. The first-order chi connectivity index (χ1) is 9.56. The summed E-state index contributed by atoms with van der Waals surface area (Å²) < 4.78 is 0. The average molecular weight is 292 g/mol. The van der Waals surface area contributed by atoms with Gasteiger partial charge in [-0.15, -0.1) is 11.3 Å². The van der Waals surface area contributed by atoms with Gasteiger partial charge in [0.05, 0.1) is 29.6 Å². The first kappa shape index (κ1) is 13.9. The molecule has 2 heterocycles. The molecule has 2 amide bonds. The van der Waals surface area contributed by atoms with Crippen molar-refractivity contribution in [3.63, 3.8) is 0 Å². The molecule has 0 unspecified atom stereocenters. The number of carbonyl (C=O) groups excluding carboxylic acids is 1. The molecule has 2 N–H and O–H groups in total. The molecule has 0 aromatic carbocycles. The minimum Gasteiger partial charge on any atom is -0.477 e. The number of nitrogens with one attached hydrogen (secondary N) is 1. The number of rotatable bonds is 4. The van der Waals surface area contributed by atoms with Gasteiger partial charge in [0.15, 0.2) is 0 Å². The summed E-state index contributed by atoms with van der Waals surface area (Å²) in [6.07, 6.45) is 1.30. The van der Waals surface area contributed by atoms with E-state index >= 15 is 0 Å². The Hall–Kier alpha value is -2.48. The van der Waals surface area contributed by atoms with Gasteiger partial charge in [0.25, 0.3) is 0 Å². The lowest BCUT2D eigenvalue weighted by Gasteiger charge is -2.16. The second-order valence-corrected chi connectivity index (χ2v) is 4.72. The van der Waals surface area contributed by atoms with Crippen molar-refractivity contribution in [3.05, 3.63) is 40.6 Å². The van der Waals surface area contributed by atoms with E-state index in [2.05, 4.69) is 15.3 Å². The van der Waals surface area contributed by atoms with Gasteiger partial charge >= 0.3 is 12.0 Å². The zero-order valence-corrected chi connectivity index (χ0v) is 11.4. The number of amides is 2. The summed E-state index contributed by atoms with van der Waals surface area (Å²) in [6, 6.07) is 2.51. The largest absolute Gasteiger partial charge is 0.477 e. The summed E-state index contributed by atoms with van der Waals surface area (Å²) in [4.78, 5) is 31.9. The molecule has 2 rings (SSSR count). The third-order valence-corrected chi connectivity index (χ3v) is 3.10. The van der Waals surface area contributed by atoms with Crippen LogP contribution in [-0.4, -0.2) is 39.0 Å². The maximum atomic E-state index is 11.9. The number of anilines is 1. The van der Waals surface area contributed by atoms with E-state index in [1.54, 1.807) is 12.6 Å². The van der Waals surface area contributed by atoms with E-state index in [9.17, 15) is 9.59 Å². The molecule has 20 heavy (non-hydrogen) atoms. The number of carboxylic acids is 1. The molecule has 0 aliphatic rings. The fraction of sp³-hybridized carbons (Fsp3) is 0.167. The lowest BCUT2D eigenvalue weighted by atomic mass is 10.3. The van der Waals surface area contributed by atoms with Crippen LogP contribution in [0.25, 0.3) is 0 Å². The lowest BCUT2D eigenvalue weighted by Crippen LogP contribution is -2.31. The summed E-state index contributed by atoms with van der Waals surface area (Å²) in [5, 5.41) is 13.2. The molecule has 104 valence electrons. The topological polar surface area (TPSA) is 95.4 Å². The zero-order chi connectivity index (χ0) is 14.5. The summed E-state index contributed by atoms with van der Waals surface area (Å²) >= 11 is 1.47. The van der Waals surface area contributed by atoms with E-state index < -0.39 is 5.97 Å². The molecule has 7 nitrogen and oxygen atoms in total. The molecule has 0 atom stereocenters. The van der Waals surface area contributed by atoms with E-state index in [0.29, 0.717) is 12.2 Å². The highest BCUT2D eigenvalue weighted by Gasteiger charge is 2.11. The quantitative estimate of drug-likeness (QED) is 0.897. The number of thiazole rings is 1. The number of aromatic nitrogens is 2. The lowest BCUT2D eigenvalue weighted by molar-refractivity contribution is 0.0690. The van der Waals surface area contributed by atoms with Crippen molar-refractivity contribution < 1.29 is 14.7 Å². The molecule has 0 aliphatic heterocycles. The molecule has 0 bridgehead atoms. The molecule has 2 aromatic rings. The summed E-state index contributed by atoms with van der Waals surface area (Å²) in [5.41, 5.74) is 2.88. The maximum absolute atomic E-state index is 11.9. The van der Waals surface area contributed by atoms with E-state index in [0.717, 1.165) is 5.69 Å². The molecular formula is C12H12N4O3S. The molecule has 0 fully saturated rings. The van der Waals surface area contributed by atoms with Crippen LogP contribution < -0.4 is 5.32 Å². The smallest absolute Gasteiger partial charge is 0.354 e. The second kappa shape index (κ2) is 6.11. The minimum atomic E-state index is -1.11. The van der Waals surface area contributed by atoms with Gasteiger partial charge in [-0.1, -0.05) is 0 Å². The number of hydrogen-bond acceptors (Lipinski definition) is 5. The molecule has 0 spiro atoms. The van der Waals surface area contributed by atoms with Gasteiger partial charge < -0.3 is 15.3 Å². The number of pyridine rings is 1. The van der Waals surface area contributed by atoms with E-state index in [4.69, 9.17) is 5.11 Å². The van der Waals surface area contributed by atoms with Crippen LogP contribution in [0.15, 0.2) is 29.2 Å². The monoisotopic (exact) mass is 292 g/mol. The van der Waals surface area contributed by atoms with Crippen LogP contribution in [0.4, 0.5) is 10.5 Å². The molecule has 0 saturated heterocycles. The Balaban J connectivity index is 1.95. The zero-order valence-electron chi connectivity index (χ0n) is 10.6.